The van der Waals surface area contributed by atoms with Gasteiger partial charge in [-0.15, -0.1) is 11.3 Å². The van der Waals surface area contributed by atoms with Crippen molar-refractivity contribution >= 4 is 33.3 Å². The number of benzene rings is 2. The molecule has 0 atom stereocenters. The molecule has 0 aliphatic heterocycles. The number of carbonyl (C=O) groups is 1. The Kier molecular flexibility index (Phi) is 5.46. The van der Waals surface area contributed by atoms with E-state index >= 15 is 0 Å². The summed E-state index contributed by atoms with van der Waals surface area (Å²) in [6.45, 7) is 6.10. The molecule has 0 saturated heterocycles. The second-order valence-corrected chi connectivity index (χ2v) is 8.37. The highest BCUT2D eigenvalue weighted by molar-refractivity contribution is 7.14. The van der Waals surface area contributed by atoms with E-state index in [0.29, 0.717) is 22.0 Å². The molecule has 2 aromatic carbocycles. The van der Waals surface area contributed by atoms with Gasteiger partial charge in [0.2, 0.25) is 5.91 Å². The molecule has 30 heavy (non-hydrogen) atoms. The van der Waals surface area contributed by atoms with Crippen molar-refractivity contribution in [1.29, 1.82) is 0 Å². The quantitative estimate of drug-likeness (QED) is 0.514. The second kappa shape index (κ2) is 8.20. The zero-order valence-electron chi connectivity index (χ0n) is 17.0. The third kappa shape index (κ3) is 4.02. The standard InChI is InChI=1S/C23H22N4O2S/c1-14(2)16-7-9-17(10-8-16)19-12-30-23(25-19)26-20(28)11-27-13-24-21-15(3)5-4-6-18(21)22(27)29/h4-10,12-14H,11H2,1-3H3,(H,25,26,28). The number of fused-ring (bicyclic) bond motifs is 1. The molecule has 4 aromatic rings. The number of aromatic nitrogens is 3. The molecule has 0 spiro atoms. The smallest absolute Gasteiger partial charge is 0.261 e. The monoisotopic (exact) mass is 418 g/mol. The second-order valence-electron chi connectivity index (χ2n) is 7.51. The number of amides is 1. The average Bonchev–Trinajstić information content (AvgIpc) is 3.19. The van der Waals surface area contributed by atoms with E-state index in [2.05, 4.69) is 41.3 Å². The van der Waals surface area contributed by atoms with Crippen molar-refractivity contribution in [1.82, 2.24) is 14.5 Å². The molecule has 152 valence electrons. The van der Waals surface area contributed by atoms with E-state index in [9.17, 15) is 9.59 Å². The molecule has 0 unspecified atom stereocenters. The van der Waals surface area contributed by atoms with Gasteiger partial charge in [0.15, 0.2) is 5.13 Å². The van der Waals surface area contributed by atoms with Crippen LogP contribution in [0.25, 0.3) is 22.2 Å². The SMILES string of the molecule is Cc1cccc2c(=O)n(CC(=O)Nc3nc(-c4ccc(C(C)C)cc4)cs3)cnc12. The van der Waals surface area contributed by atoms with Crippen molar-refractivity contribution in [3.63, 3.8) is 0 Å². The first kappa shape index (κ1) is 20.0. The number of nitrogens with zero attached hydrogens (tertiary/aromatic N) is 3. The molecule has 0 radical (unpaired) electrons. The summed E-state index contributed by atoms with van der Waals surface area (Å²) in [5, 5.41) is 5.69. The Morgan fingerprint density at radius 1 is 1.17 bits per heavy atom. The highest BCUT2D eigenvalue weighted by Gasteiger charge is 2.12. The summed E-state index contributed by atoms with van der Waals surface area (Å²) >= 11 is 1.36. The highest BCUT2D eigenvalue weighted by Crippen LogP contribution is 2.26. The van der Waals surface area contributed by atoms with E-state index in [1.54, 1.807) is 6.07 Å². The largest absolute Gasteiger partial charge is 0.300 e. The minimum atomic E-state index is -0.318. The zero-order chi connectivity index (χ0) is 21.3. The van der Waals surface area contributed by atoms with Gasteiger partial charge in [0, 0.05) is 10.9 Å². The van der Waals surface area contributed by atoms with Crippen LogP contribution in [-0.2, 0) is 11.3 Å². The third-order valence-electron chi connectivity index (χ3n) is 4.99. The van der Waals surface area contributed by atoms with Gasteiger partial charge in [0.25, 0.3) is 5.56 Å². The van der Waals surface area contributed by atoms with E-state index in [0.717, 1.165) is 16.8 Å². The van der Waals surface area contributed by atoms with Gasteiger partial charge in [-0.1, -0.05) is 50.2 Å². The van der Waals surface area contributed by atoms with Gasteiger partial charge in [0.05, 0.1) is 22.9 Å². The fourth-order valence-electron chi connectivity index (χ4n) is 3.27. The topological polar surface area (TPSA) is 76.9 Å². The molecule has 1 amide bonds. The number of hydrogen-bond acceptors (Lipinski definition) is 5. The average molecular weight is 419 g/mol. The van der Waals surface area contributed by atoms with E-state index in [-0.39, 0.29) is 18.0 Å². The number of para-hydroxylation sites is 1. The van der Waals surface area contributed by atoms with Crippen LogP contribution in [0.1, 0.15) is 30.9 Å². The number of carbonyl (C=O) groups excluding carboxylic acids is 1. The number of anilines is 1. The van der Waals surface area contributed by atoms with Crippen LogP contribution in [0.4, 0.5) is 5.13 Å². The lowest BCUT2D eigenvalue weighted by Crippen LogP contribution is -2.28. The maximum atomic E-state index is 12.7. The Bertz CT molecular complexity index is 1270. The first-order valence-corrected chi connectivity index (χ1v) is 10.6. The molecule has 0 aliphatic rings. The Morgan fingerprint density at radius 3 is 2.67 bits per heavy atom. The lowest BCUT2D eigenvalue weighted by molar-refractivity contribution is -0.116. The number of hydrogen-bond donors (Lipinski definition) is 1. The minimum absolute atomic E-state index is 0.117. The van der Waals surface area contributed by atoms with Crippen LogP contribution < -0.4 is 10.9 Å². The zero-order valence-corrected chi connectivity index (χ0v) is 17.9. The molecule has 0 bridgehead atoms. The minimum Gasteiger partial charge on any atom is -0.300 e. The highest BCUT2D eigenvalue weighted by atomic mass is 32.1. The first-order valence-electron chi connectivity index (χ1n) is 9.73. The number of thiazole rings is 1. The first-order chi connectivity index (χ1) is 14.4. The van der Waals surface area contributed by atoms with Crippen LogP contribution in [0.3, 0.4) is 0 Å². The molecule has 1 N–H and O–H groups in total. The summed E-state index contributed by atoms with van der Waals surface area (Å²) in [4.78, 5) is 34.0. The molecule has 4 rings (SSSR count). The van der Waals surface area contributed by atoms with Crippen LogP contribution in [-0.4, -0.2) is 20.4 Å². The van der Waals surface area contributed by atoms with Crippen LogP contribution >= 0.6 is 11.3 Å². The maximum Gasteiger partial charge on any atom is 0.261 e. The summed E-state index contributed by atoms with van der Waals surface area (Å²) in [7, 11) is 0. The Morgan fingerprint density at radius 2 is 1.93 bits per heavy atom. The molecule has 6 nitrogen and oxygen atoms in total. The summed E-state index contributed by atoms with van der Waals surface area (Å²) < 4.78 is 1.32. The van der Waals surface area contributed by atoms with Crippen LogP contribution in [0.2, 0.25) is 0 Å². The molecule has 0 aliphatic carbocycles. The van der Waals surface area contributed by atoms with Crippen LogP contribution in [0, 0.1) is 6.92 Å². The Labute approximate surface area is 178 Å². The van der Waals surface area contributed by atoms with E-state index in [1.807, 2.05) is 36.6 Å². The number of aryl methyl sites for hydroxylation is 1. The Balaban J connectivity index is 1.48. The molecular formula is C23H22N4O2S. The van der Waals surface area contributed by atoms with Crippen LogP contribution in [0.5, 0.6) is 0 Å². The van der Waals surface area contributed by atoms with Gasteiger partial charge < -0.3 is 5.32 Å². The molecular weight excluding hydrogens is 396 g/mol. The van der Waals surface area contributed by atoms with Gasteiger partial charge in [-0.25, -0.2) is 9.97 Å². The summed E-state index contributed by atoms with van der Waals surface area (Å²) in [5.41, 5.74) is 4.44. The van der Waals surface area contributed by atoms with Crippen LogP contribution in [0.15, 0.2) is 59.0 Å². The van der Waals surface area contributed by atoms with Crippen molar-refractivity contribution in [3.8, 4) is 11.3 Å². The third-order valence-corrected chi connectivity index (χ3v) is 5.75. The maximum absolute atomic E-state index is 12.7. The van der Waals surface area contributed by atoms with E-state index in [4.69, 9.17) is 0 Å². The van der Waals surface area contributed by atoms with Crippen molar-refractivity contribution in [2.24, 2.45) is 0 Å². The summed E-state index contributed by atoms with van der Waals surface area (Å²) in [6.07, 6.45) is 1.42. The molecule has 0 fully saturated rings. The lowest BCUT2D eigenvalue weighted by atomic mass is 10.0. The normalized spacial score (nSPS) is 11.2. The number of rotatable bonds is 5. The van der Waals surface area contributed by atoms with Gasteiger partial charge in [-0.05, 0) is 30.0 Å². The predicted octanol–water partition coefficient (Wildman–Crippen LogP) is 4.59. The van der Waals surface area contributed by atoms with Gasteiger partial charge in [-0.3, -0.25) is 14.2 Å². The van der Waals surface area contributed by atoms with E-state index in [1.165, 1.54) is 27.8 Å². The summed E-state index contributed by atoms with van der Waals surface area (Å²) in [6, 6.07) is 13.7. The fraction of sp³-hybridized carbons (Fsp3) is 0.217. The number of nitrogens with one attached hydrogen (secondary N) is 1. The van der Waals surface area contributed by atoms with Gasteiger partial charge in [-0.2, -0.15) is 0 Å². The van der Waals surface area contributed by atoms with Gasteiger partial charge >= 0.3 is 0 Å². The molecule has 7 heteroatoms. The van der Waals surface area contributed by atoms with Crippen molar-refractivity contribution in [2.45, 2.75) is 33.2 Å². The Hall–Kier alpha value is -3.32. The molecule has 2 heterocycles. The van der Waals surface area contributed by atoms with E-state index < -0.39 is 0 Å². The summed E-state index contributed by atoms with van der Waals surface area (Å²) in [5.74, 6) is 0.156. The fourth-order valence-corrected chi connectivity index (χ4v) is 4.00. The molecule has 2 aromatic heterocycles. The lowest BCUT2D eigenvalue weighted by Gasteiger charge is -2.07. The predicted molar refractivity (Wildman–Crippen MR) is 121 cm³/mol. The van der Waals surface area contributed by atoms with Crippen molar-refractivity contribution < 1.29 is 4.79 Å². The molecule has 0 saturated carbocycles. The van der Waals surface area contributed by atoms with Crippen molar-refractivity contribution in [3.05, 3.63) is 75.7 Å². The van der Waals surface area contributed by atoms with Gasteiger partial charge in [0.1, 0.15) is 6.54 Å². The van der Waals surface area contributed by atoms with Crippen molar-refractivity contribution in [2.75, 3.05) is 5.32 Å².